The van der Waals surface area contributed by atoms with Crippen molar-refractivity contribution in [2.75, 3.05) is 16.9 Å². The van der Waals surface area contributed by atoms with Crippen LogP contribution in [0.2, 0.25) is 0 Å². The summed E-state index contributed by atoms with van der Waals surface area (Å²) >= 11 is 0. The van der Waals surface area contributed by atoms with Gasteiger partial charge in [0.05, 0.1) is 64.4 Å². The molecule has 0 aliphatic heterocycles. The first-order chi connectivity index (χ1) is 31.0. The van der Waals surface area contributed by atoms with Crippen molar-refractivity contribution in [3.8, 4) is 23.0 Å². The van der Waals surface area contributed by atoms with Crippen LogP contribution in [-0.4, -0.2) is 64.5 Å². The number of hydrogen-bond donors (Lipinski definition) is 2. The first-order valence-electron chi connectivity index (χ1n) is 17.0. The maximum absolute atomic E-state index is 12.9. The molecule has 6 aromatic carbocycles. The van der Waals surface area contributed by atoms with E-state index >= 15 is 0 Å². The molecule has 0 atom stereocenters. The number of azo groups is 2. The first kappa shape index (κ1) is 67.7. The van der Waals surface area contributed by atoms with Crippen LogP contribution in [0.5, 0.6) is 23.0 Å². The molecule has 0 heterocycles. The Balaban J connectivity index is 0.00000132. The Morgan fingerprint density at radius 3 is 1.22 bits per heavy atom. The number of rotatable bonds is 13. The predicted molar refractivity (Wildman–Crippen MR) is 212 cm³/mol. The Labute approximate surface area is 500 Å². The zero-order chi connectivity index (χ0) is 50.1. The van der Waals surface area contributed by atoms with Crippen molar-refractivity contribution in [2.24, 2.45) is 20.5 Å². The molecule has 6 aromatic rings. The molecule has 72 heavy (non-hydrogen) atoms. The van der Waals surface area contributed by atoms with Crippen LogP contribution >= 0.6 is 0 Å². The number of nitrogen functional groups attached to an aromatic ring is 1. The number of nitrogens with zero attached hydrogens (tertiary/aromatic N) is 8. The van der Waals surface area contributed by atoms with Crippen molar-refractivity contribution in [3.63, 3.8) is 0 Å². The van der Waals surface area contributed by atoms with E-state index in [-0.39, 0.29) is 169 Å². The van der Waals surface area contributed by atoms with Gasteiger partial charge in [-0.2, -0.15) is 10.2 Å². The number of anilines is 2. The smallest absolute Gasteiger partial charge is 0.871 e. The molecule has 1 radical (unpaired) electrons. The Hall–Kier alpha value is -4.30. The molecule has 0 amide bonds. The first-order valence-corrected chi connectivity index (χ1v) is 21.4. The molecule has 0 bridgehead atoms. The zero-order valence-electron chi connectivity index (χ0n) is 36.5. The van der Waals surface area contributed by atoms with Gasteiger partial charge in [-0.25, -0.2) is 25.3 Å². The third kappa shape index (κ3) is 16.4. The van der Waals surface area contributed by atoms with Crippen LogP contribution in [0.4, 0.5) is 56.9 Å². The van der Waals surface area contributed by atoms with Crippen LogP contribution in [0.1, 0.15) is 0 Å². The fraction of sp³-hybridized carbons (Fsp3) is 0.0303. The largest absolute Gasteiger partial charge is 3.00 e. The molecule has 353 valence electrons. The molecule has 0 aliphatic rings. The van der Waals surface area contributed by atoms with Gasteiger partial charge in [-0.1, -0.05) is 23.6 Å². The van der Waals surface area contributed by atoms with Gasteiger partial charge in [-0.05, 0) is 57.9 Å². The van der Waals surface area contributed by atoms with Crippen molar-refractivity contribution in [2.45, 2.75) is 9.79 Å². The number of nitrogens with one attached hydrogen (secondary N) is 1. The van der Waals surface area contributed by atoms with E-state index in [4.69, 9.17) is 5.73 Å². The van der Waals surface area contributed by atoms with Gasteiger partial charge in [0.25, 0.3) is 22.7 Å². The molecule has 0 fully saturated rings. The number of benzene rings is 6. The number of nitro benzene ring substituents is 4. The summed E-state index contributed by atoms with van der Waals surface area (Å²) in [5.74, 6) is -6.19. The van der Waals surface area contributed by atoms with Gasteiger partial charge in [0, 0.05) is 35.0 Å². The molecule has 0 saturated heterocycles. The standard InChI is InChI=1S/C17H13N5O12S2.C16H11N5O9S.Cr.4Na/c23-16-11-4-9(18-7-35(29,30)31)2-1-8(11)3-14(36(32,33)34)15(16)20-19-12-5-10(21(25)26)6-13(17(12)24)22(27)28;17-8-2-1-7-3-13(31(28,29)30)14(15(22)10(7)4-8)19-18-11-5-9(20(24)25)6-12(16(11)23)21(26)27;;;;;/h1-6,18,23-24H,7H2,(H,29,30,31)(H,32,33,34);1-6,22-23H,17H2,(H,28,29,30);;;;;/q;;+3;4*+1/p-7. The van der Waals surface area contributed by atoms with Crippen molar-refractivity contribution < 1.29 is 215 Å². The van der Waals surface area contributed by atoms with E-state index in [9.17, 15) is 99.8 Å². The average molecular weight is 1130 g/mol. The second kappa shape index (κ2) is 26.8. The number of hydrogen-bond acceptors (Lipinski definition) is 27. The van der Waals surface area contributed by atoms with E-state index in [1.165, 1.54) is 24.3 Å². The summed E-state index contributed by atoms with van der Waals surface area (Å²) < 4.78 is 103. The van der Waals surface area contributed by atoms with E-state index in [0.717, 1.165) is 24.3 Å². The summed E-state index contributed by atoms with van der Waals surface area (Å²) in [4.78, 5) is 37.2. The van der Waals surface area contributed by atoms with Gasteiger partial charge in [0.2, 0.25) is 0 Å². The van der Waals surface area contributed by atoms with Gasteiger partial charge < -0.3 is 45.1 Å². The minimum absolute atomic E-state index is 0. The van der Waals surface area contributed by atoms with Gasteiger partial charge in [0.1, 0.15) is 36.2 Å². The van der Waals surface area contributed by atoms with Crippen molar-refractivity contribution >= 4 is 109 Å². The number of nitro groups is 4. The third-order valence-corrected chi connectivity index (χ3v) is 10.7. The van der Waals surface area contributed by atoms with E-state index in [1.807, 2.05) is 0 Å². The molecule has 0 aliphatic carbocycles. The third-order valence-electron chi connectivity index (χ3n) is 8.48. The van der Waals surface area contributed by atoms with E-state index in [2.05, 4.69) is 25.8 Å². The maximum atomic E-state index is 12.9. The van der Waals surface area contributed by atoms with Crippen molar-refractivity contribution in [1.29, 1.82) is 0 Å². The summed E-state index contributed by atoms with van der Waals surface area (Å²) in [5, 5.41) is 109. The minimum atomic E-state index is -5.38. The normalized spacial score (nSPS) is 11.2. The Morgan fingerprint density at radius 2 is 0.875 bits per heavy atom. The van der Waals surface area contributed by atoms with Crippen LogP contribution < -0.4 is 150 Å². The molecule has 0 aromatic heterocycles. The summed E-state index contributed by atoms with van der Waals surface area (Å²) in [6.45, 7) is 0. The molecule has 0 unspecified atom stereocenters. The second-order valence-corrected chi connectivity index (χ2v) is 17.0. The second-order valence-electron chi connectivity index (χ2n) is 12.9. The molecular weight excluding hydrogens is 1110 g/mol. The van der Waals surface area contributed by atoms with Crippen LogP contribution in [0.3, 0.4) is 0 Å². The minimum Gasteiger partial charge on any atom is -0.871 e. The van der Waals surface area contributed by atoms with Gasteiger partial charge in [-0.15, -0.1) is 10.2 Å². The average Bonchev–Trinajstić information content (AvgIpc) is 3.22. The van der Waals surface area contributed by atoms with Crippen molar-refractivity contribution in [1.82, 2.24) is 0 Å². The Morgan fingerprint density at radius 1 is 0.500 bits per heavy atom. The van der Waals surface area contributed by atoms with E-state index in [0.29, 0.717) is 24.3 Å². The SMILES string of the molecule is Nc1ccc2cc(S(=O)(=O)[O-])c(N=Nc3cc([N+](=O)[O-])cc([N+](=O)[O-])c3[O-])c([O-])c2c1.O=[N+]([O-])c1cc(N=Nc2c(S(=O)(=O)[O-])cc3ccc(NCS(=O)(=O)[O-])cc3c2[O-])c([O-])c([N+](=O)[O-])c1.[Cr+3].[Na+].[Na+].[Na+].[Na+]. The Kier molecular flexibility index (Phi) is 25.2. The van der Waals surface area contributed by atoms with Crippen LogP contribution in [-0.2, 0) is 47.7 Å². The number of nitrogens with two attached hydrogens (primary N) is 1. The molecule has 31 nitrogen and oxygen atoms in total. The van der Waals surface area contributed by atoms with Gasteiger partial charge >= 0.3 is 136 Å². The quantitative estimate of drug-likeness (QED) is 0.0271. The summed E-state index contributed by atoms with van der Waals surface area (Å²) in [5.41, 5.74) is -2.58. The molecule has 0 saturated carbocycles. The number of non-ortho nitro benzene ring substituents is 2. The maximum Gasteiger partial charge on any atom is 3.00 e. The summed E-state index contributed by atoms with van der Waals surface area (Å²) in [6.07, 6.45) is 0. The van der Waals surface area contributed by atoms with Crippen LogP contribution in [0, 0.1) is 40.5 Å². The van der Waals surface area contributed by atoms with E-state index < -0.39 is 134 Å². The molecular formula is C33H17CrN10Na4O21S3. The van der Waals surface area contributed by atoms with Crippen LogP contribution in [0.15, 0.2) is 103 Å². The fourth-order valence-corrected chi connectivity index (χ4v) is 7.16. The van der Waals surface area contributed by atoms with Gasteiger partial charge in [-0.3, -0.25) is 40.5 Å². The van der Waals surface area contributed by atoms with E-state index in [1.54, 1.807) is 0 Å². The molecule has 39 heteroatoms. The fourth-order valence-electron chi connectivity index (χ4n) is 5.53. The summed E-state index contributed by atoms with van der Waals surface area (Å²) in [6, 6.07) is 10.6. The van der Waals surface area contributed by atoms with Crippen molar-refractivity contribution in [3.05, 3.63) is 113 Å². The Bertz CT molecular complexity index is 3560. The monoisotopic (exact) mass is 1130 g/mol. The molecule has 0 spiro atoms. The topological polar surface area (TPSA) is 524 Å². The summed E-state index contributed by atoms with van der Waals surface area (Å²) in [7, 11) is -15.3. The molecule has 6 rings (SSSR count). The zero-order valence-corrected chi connectivity index (χ0v) is 48.2. The predicted octanol–water partition coefficient (Wildman–Crippen LogP) is -9.24. The van der Waals surface area contributed by atoms with Gasteiger partial charge in [0.15, 0.2) is 0 Å². The number of fused-ring (bicyclic) bond motifs is 2. The van der Waals surface area contributed by atoms with Crippen LogP contribution in [0.25, 0.3) is 21.5 Å². The molecule has 3 N–H and O–H groups in total.